The van der Waals surface area contributed by atoms with E-state index in [-0.39, 0.29) is 18.3 Å². The van der Waals surface area contributed by atoms with Crippen molar-refractivity contribution in [1.29, 1.82) is 0 Å². The Morgan fingerprint density at radius 1 is 1.00 bits per heavy atom. The zero-order chi connectivity index (χ0) is 17.0. The van der Waals surface area contributed by atoms with Crippen LogP contribution in [0.1, 0.15) is 43.2 Å². The lowest BCUT2D eigenvalue weighted by Crippen LogP contribution is -2.41. The second-order valence-electron chi connectivity index (χ2n) is 6.98. The van der Waals surface area contributed by atoms with Crippen LogP contribution in [0.25, 0.3) is 0 Å². The van der Waals surface area contributed by atoms with Gasteiger partial charge in [0.25, 0.3) is 0 Å². The second kappa shape index (κ2) is 9.18. The predicted octanol–water partition coefficient (Wildman–Crippen LogP) is 5.35. The van der Waals surface area contributed by atoms with Crippen LogP contribution in [0, 0.1) is 0 Å². The van der Waals surface area contributed by atoms with Gasteiger partial charge in [-0.05, 0) is 56.1 Å². The average Bonchev–Trinajstić information content (AvgIpc) is 2.61. The Kier molecular flexibility index (Phi) is 7.51. The minimum atomic E-state index is -0.903. The molecule has 1 saturated heterocycles. The molecule has 2 aromatic rings. The summed E-state index contributed by atoms with van der Waals surface area (Å²) in [6.45, 7) is 5.13. The van der Waals surface area contributed by atoms with Crippen LogP contribution in [-0.2, 0) is 5.60 Å². The van der Waals surface area contributed by atoms with Gasteiger partial charge in [-0.15, -0.1) is 12.4 Å². The number of halogens is 2. The maximum absolute atomic E-state index is 11.5. The van der Waals surface area contributed by atoms with Crippen molar-refractivity contribution in [2.45, 2.75) is 37.7 Å². The van der Waals surface area contributed by atoms with E-state index in [1.165, 1.54) is 24.8 Å². The van der Waals surface area contributed by atoms with E-state index in [1.807, 2.05) is 37.3 Å². The maximum atomic E-state index is 11.5. The summed E-state index contributed by atoms with van der Waals surface area (Å²) >= 11 is 3.48. The molecule has 0 radical (unpaired) electrons. The molecule has 1 N–H and O–H groups in total. The van der Waals surface area contributed by atoms with Gasteiger partial charge in [-0.25, -0.2) is 0 Å². The Hall–Kier alpha value is -0.870. The first-order chi connectivity index (χ1) is 11.6. The number of nitrogens with zero attached hydrogens (tertiary/aromatic N) is 1. The molecule has 0 saturated carbocycles. The molecular formula is C21H27BrClNO. The number of aliphatic hydroxyl groups is 1. The molecule has 0 bridgehead atoms. The van der Waals surface area contributed by atoms with Crippen molar-refractivity contribution in [2.75, 3.05) is 19.6 Å². The number of hydrogen-bond acceptors (Lipinski definition) is 2. The fourth-order valence-corrected chi connectivity index (χ4v) is 3.95. The van der Waals surface area contributed by atoms with Crippen molar-refractivity contribution in [2.24, 2.45) is 0 Å². The van der Waals surface area contributed by atoms with E-state index in [0.29, 0.717) is 0 Å². The molecule has 136 valence electrons. The Morgan fingerprint density at radius 3 is 2.20 bits per heavy atom. The van der Waals surface area contributed by atoms with Crippen molar-refractivity contribution in [1.82, 2.24) is 4.90 Å². The third-order valence-electron chi connectivity index (χ3n) is 5.20. The van der Waals surface area contributed by atoms with Gasteiger partial charge in [0, 0.05) is 16.9 Å². The molecule has 1 fully saturated rings. The van der Waals surface area contributed by atoms with Crippen molar-refractivity contribution in [3.05, 3.63) is 70.2 Å². The normalized spacial score (nSPS) is 18.8. The van der Waals surface area contributed by atoms with Crippen LogP contribution >= 0.6 is 28.3 Å². The Labute approximate surface area is 165 Å². The molecule has 2 aromatic carbocycles. The van der Waals surface area contributed by atoms with Gasteiger partial charge in [-0.2, -0.15) is 0 Å². The Balaban J connectivity index is 0.00000225. The summed E-state index contributed by atoms with van der Waals surface area (Å²) in [5.74, 6) is 0.0537. The average molecular weight is 425 g/mol. The molecule has 25 heavy (non-hydrogen) atoms. The van der Waals surface area contributed by atoms with E-state index >= 15 is 0 Å². The topological polar surface area (TPSA) is 23.5 Å². The first kappa shape index (κ1) is 20.4. The molecule has 0 aromatic heterocycles. The van der Waals surface area contributed by atoms with Crippen LogP contribution < -0.4 is 0 Å². The first-order valence-electron chi connectivity index (χ1n) is 8.83. The molecule has 4 heteroatoms. The summed E-state index contributed by atoms with van der Waals surface area (Å²) in [6.07, 6.45) is 3.86. The zero-order valence-electron chi connectivity index (χ0n) is 14.7. The molecule has 2 nitrogen and oxygen atoms in total. The van der Waals surface area contributed by atoms with Gasteiger partial charge in [0.05, 0.1) is 5.60 Å². The number of piperidine rings is 1. The fraction of sp³-hybridized carbons (Fsp3) is 0.429. The first-order valence-corrected chi connectivity index (χ1v) is 9.62. The fourth-order valence-electron chi connectivity index (χ4n) is 3.68. The van der Waals surface area contributed by atoms with Crippen molar-refractivity contribution >= 4 is 28.3 Å². The summed E-state index contributed by atoms with van der Waals surface area (Å²) < 4.78 is 1.04. The van der Waals surface area contributed by atoms with E-state index in [0.717, 1.165) is 29.7 Å². The third kappa shape index (κ3) is 5.07. The van der Waals surface area contributed by atoms with E-state index in [4.69, 9.17) is 0 Å². The lowest BCUT2D eigenvalue weighted by molar-refractivity contribution is 0.0107. The van der Waals surface area contributed by atoms with Crippen LogP contribution in [0.15, 0.2) is 59.1 Å². The number of benzene rings is 2. The molecule has 3 rings (SSSR count). The van der Waals surface area contributed by atoms with E-state index in [9.17, 15) is 5.11 Å². The van der Waals surface area contributed by atoms with Crippen molar-refractivity contribution < 1.29 is 5.11 Å². The molecule has 0 spiro atoms. The molecule has 2 atom stereocenters. The minimum absolute atomic E-state index is 0. The van der Waals surface area contributed by atoms with Gasteiger partial charge in [0.2, 0.25) is 0 Å². The molecule has 0 amide bonds. The third-order valence-corrected chi connectivity index (χ3v) is 5.73. The van der Waals surface area contributed by atoms with Crippen LogP contribution in [0.3, 0.4) is 0 Å². The molecule has 1 heterocycles. The van der Waals surface area contributed by atoms with E-state index in [1.54, 1.807) is 0 Å². The van der Waals surface area contributed by atoms with Crippen molar-refractivity contribution in [3.63, 3.8) is 0 Å². The van der Waals surface area contributed by atoms with Crippen LogP contribution in [0.4, 0.5) is 0 Å². The quantitative estimate of drug-likeness (QED) is 0.699. The molecule has 1 aliphatic heterocycles. The van der Waals surface area contributed by atoms with E-state index < -0.39 is 5.60 Å². The van der Waals surface area contributed by atoms with Gasteiger partial charge in [0.1, 0.15) is 0 Å². The Morgan fingerprint density at radius 2 is 1.60 bits per heavy atom. The zero-order valence-corrected chi connectivity index (χ0v) is 17.1. The smallest absolute Gasteiger partial charge is 0.0949 e. The van der Waals surface area contributed by atoms with Gasteiger partial charge in [-0.1, -0.05) is 64.8 Å². The summed E-state index contributed by atoms with van der Waals surface area (Å²) in [5.41, 5.74) is 1.27. The molecule has 2 unspecified atom stereocenters. The summed E-state index contributed by atoms with van der Waals surface area (Å²) in [7, 11) is 0. The summed E-state index contributed by atoms with van der Waals surface area (Å²) in [5, 5.41) is 11.5. The van der Waals surface area contributed by atoms with Crippen LogP contribution in [0.2, 0.25) is 0 Å². The minimum Gasteiger partial charge on any atom is -0.385 e. The van der Waals surface area contributed by atoms with Gasteiger partial charge < -0.3 is 10.0 Å². The number of likely N-dealkylation sites (tertiary alicyclic amines) is 1. The van der Waals surface area contributed by atoms with Crippen LogP contribution in [-0.4, -0.2) is 29.6 Å². The molecular weight excluding hydrogens is 398 g/mol. The lowest BCUT2D eigenvalue weighted by atomic mass is 9.78. The van der Waals surface area contributed by atoms with E-state index in [2.05, 4.69) is 45.1 Å². The largest absolute Gasteiger partial charge is 0.385 e. The lowest BCUT2D eigenvalue weighted by Gasteiger charge is -2.38. The highest BCUT2D eigenvalue weighted by atomic mass is 79.9. The molecule has 1 aliphatic rings. The maximum Gasteiger partial charge on any atom is 0.0949 e. The van der Waals surface area contributed by atoms with Gasteiger partial charge in [0.15, 0.2) is 0 Å². The highest BCUT2D eigenvalue weighted by molar-refractivity contribution is 9.10. The van der Waals surface area contributed by atoms with Gasteiger partial charge >= 0.3 is 0 Å². The predicted molar refractivity (Wildman–Crippen MR) is 110 cm³/mol. The highest BCUT2D eigenvalue weighted by Crippen LogP contribution is 2.38. The van der Waals surface area contributed by atoms with Crippen molar-refractivity contribution in [3.8, 4) is 0 Å². The number of hydrogen-bond donors (Lipinski definition) is 1. The SMILES string of the molecule is CC(O)(c1ccc(Br)cc1)C(CN1CCCCC1)c1ccccc1.Cl. The molecule has 0 aliphatic carbocycles. The Bertz CT molecular complexity index is 639. The highest BCUT2D eigenvalue weighted by Gasteiger charge is 2.36. The van der Waals surface area contributed by atoms with Gasteiger partial charge in [-0.3, -0.25) is 0 Å². The standard InChI is InChI=1S/C21H26BrNO.ClH/c1-21(24,18-10-12-19(22)13-11-18)20(17-8-4-2-5-9-17)16-23-14-6-3-7-15-23;/h2,4-5,8-13,20,24H,3,6-7,14-16H2,1H3;1H. The monoisotopic (exact) mass is 423 g/mol. The summed E-state index contributed by atoms with van der Waals surface area (Å²) in [4.78, 5) is 2.51. The van der Waals surface area contributed by atoms with Crippen LogP contribution in [0.5, 0.6) is 0 Å². The summed E-state index contributed by atoms with van der Waals surface area (Å²) in [6, 6.07) is 18.5. The number of rotatable bonds is 5. The second-order valence-corrected chi connectivity index (χ2v) is 7.89.